The van der Waals surface area contributed by atoms with E-state index in [9.17, 15) is 4.79 Å². The van der Waals surface area contributed by atoms with Crippen LogP contribution in [0.15, 0.2) is 60.7 Å². The van der Waals surface area contributed by atoms with Crippen LogP contribution in [0.1, 0.15) is 31.3 Å². The van der Waals surface area contributed by atoms with Gasteiger partial charge in [0.25, 0.3) is 5.91 Å². The van der Waals surface area contributed by atoms with E-state index in [-0.39, 0.29) is 11.9 Å². The molecule has 0 aliphatic carbocycles. The van der Waals surface area contributed by atoms with Crippen LogP contribution >= 0.6 is 11.6 Å². The first-order valence-electron chi connectivity index (χ1n) is 10.5. The fourth-order valence-electron chi connectivity index (χ4n) is 3.34. The van der Waals surface area contributed by atoms with Crippen molar-refractivity contribution in [1.82, 2.24) is 19.9 Å². The molecule has 0 unspecified atom stereocenters. The molecule has 0 fully saturated rings. The predicted molar refractivity (Wildman–Crippen MR) is 127 cm³/mol. The molecular formula is C25H25ClN4O2. The molecule has 6 nitrogen and oxygen atoms in total. The van der Waals surface area contributed by atoms with Crippen molar-refractivity contribution in [3.8, 4) is 28.3 Å². The molecule has 0 radical (unpaired) electrons. The number of methoxy groups -OCH3 is 1. The minimum absolute atomic E-state index is 0.00623. The number of carbonyl (C=O) groups is 1. The number of nitrogens with one attached hydrogen (secondary N) is 1. The summed E-state index contributed by atoms with van der Waals surface area (Å²) in [6.07, 6.45) is 0. The molecule has 0 aliphatic rings. The quantitative estimate of drug-likeness (QED) is 0.423. The fraction of sp³-hybridized carbons (Fsp3) is 0.240. The van der Waals surface area contributed by atoms with Gasteiger partial charge in [0.05, 0.1) is 18.5 Å². The van der Waals surface area contributed by atoms with Crippen molar-refractivity contribution in [2.45, 2.75) is 26.8 Å². The molecular weight excluding hydrogens is 424 g/mol. The number of benzene rings is 2. The molecule has 1 amide bonds. The van der Waals surface area contributed by atoms with E-state index in [0.717, 1.165) is 11.1 Å². The molecule has 164 valence electrons. The normalized spacial score (nSPS) is 12.2. The number of aromatic nitrogens is 3. The highest BCUT2D eigenvalue weighted by molar-refractivity contribution is 6.30. The third-order valence-corrected chi connectivity index (χ3v) is 5.79. The third kappa shape index (κ3) is 4.32. The van der Waals surface area contributed by atoms with Gasteiger partial charge in [0.2, 0.25) is 0 Å². The van der Waals surface area contributed by atoms with Gasteiger partial charge >= 0.3 is 0 Å². The van der Waals surface area contributed by atoms with E-state index in [4.69, 9.17) is 21.3 Å². The predicted octanol–water partition coefficient (Wildman–Crippen LogP) is 5.50. The first kappa shape index (κ1) is 21.8. The number of para-hydroxylation sites is 1. The summed E-state index contributed by atoms with van der Waals surface area (Å²) >= 11 is 6.03. The summed E-state index contributed by atoms with van der Waals surface area (Å²) in [5.74, 6) is 0.774. The number of fused-ring (bicyclic) bond motifs is 1. The minimum atomic E-state index is -0.208. The molecule has 2 aromatic carbocycles. The van der Waals surface area contributed by atoms with Gasteiger partial charge in [-0.1, -0.05) is 49.7 Å². The molecule has 2 heterocycles. The Bertz CT molecular complexity index is 1260. The van der Waals surface area contributed by atoms with Crippen LogP contribution in [0.2, 0.25) is 5.02 Å². The van der Waals surface area contributed by atoms with E-state index in [1.807, 2.05) is 61.5 Å². The van der Waals surface area contributed by atoms with Crippen molar-refractivity contribution in [1.29, 1.82) is 0 Å². The van der Waals surface area contributed by atoms with Gasteiger partial charge in [0.1, 0.15) is 11.4 Å². The van der Waals surface area contributed by atoms with E-state index in [2.05, 4.69) is 24.3 Å². The number of amides is 1. The van der Waals surface area contributed by atoms with E-state index in [0.29, 0.717) is 39.4 Å². The highest BCUT2D eigenvalue weighted by Crippen LogP contribution is 2.30. The Morgan fingerprint density at radius 3 is 2.44 bits per heavy atom. The largest absolute Gasteiger partial charge is 0.496 e. The van der Waals surface area contributed by atoms with Crippen molar-refractivity contribution in [3.05, 3.63) is 71.4 Å². The zero-order chi connectivity index (χ0) is 22.8. The first-order chi connectivity index (χ1) is 15.4. The topological polar surface area (TPSA) is 68.5 Å². The number of nitrogens with zero attached hydrogens (tertiary/aromatic N) is 3. The molecule has 0 bridgehead atoms. The Balaban J connectivity index is 1.89. The van der Waals surface area contributed by atoms with Crippen molar-refractivity contribution in [3.63, 3.8) is 0 Å². The number of ether oxygens (including phenoxy) is 1. The summed E-state index contributed by atoms with van der Waals surface area (Å²) in [5, 5.41) is 8.41. The highest BCUT2D eigenvalue weighted by Gasteiger charge is 2.20. The molecule has 4 rings (SSSR count). The molecule has 2 aromatic heterocycles. The molecule has 1 N–H and O–H groups in total. The zero-order valence-electron chi connectivity index (χ0n) is 18.5. The lowest BCUT2D eigenvalue weighted by Crippen LogP contribution is -2.37. The molecule has 1 atom stereocenters. The van der Waals surface area contributed by atoms with Crippen LogP contribution in [0.3, 0.4) is 0 Å². The van der Waals surface area contributed by atoms with Crippen LogP contribution in [-0.4, -0.2) is 33.7 Å². The van der Waals surface area contributed by atoms with E-state index in [1.54, 1.807) is 17.7 Å². The number of halogens is 1. The maximum absolute atomic E-state index is 13.3. The number of hydrogen-bond acceptors (Lipinski definition) is 4. The van der Waals surface area contributed by atoms with E-state index < -0.39 is 0 Å². The molecule has 7 heteroatoms. The second-order valence-corrected chi connectivity index (χ2v) is 8.48. The second-order valence-electron chi connectivity index (χ2n) is 8.04. The average Bonchev–Trinajstić information content (AvgIpc) is 3.22. The highest BCUT2D eigenvalue weighted by atomic mass is 35.5. The summed E-state index contributed by atoms with van der Waals surface area (Å²) in [7, 11) is 1.62. The Kier molecular flexibility index (Phi) is 6.15. The van der Waals surface area contributed by atoms with E-state index in [1.165, 1.54) is 0 Å². The molecule has 32 heavy (non-hydrogen) atoms. The van der Waals surface area contributed by atoms with Crippen molar-refractivity contribution >= 4 is 23.2 Å². The molecule has 0 saturated heterocycles. The number of hydrogen-bond donors (Lipinski definition) is 1. The van der Waals surface area contributed by atoms with Gasteiger partial charge in [-0.2, -0.15) is 5.10 Å². The van der Waals surface area contributed by atoms with Crippen LogP contribution in [0, 0.1) is 5.92 Å². The summed E-state index contributed by atoms with van der Waals surface area (Å²) in [4.78, 5) is 18.0. The fourth-order valence-corrected chi connectivity index (χ4v) is 3.47. The minimum Gasteiger partial charge on any atom is -0.496 e. The Morgan fingerprint density at radius 1 is 1.03 bits per heavy atom. The smallest absolute Gasteiger partial charge is 0.270 e. The van der Waals surface area contributed by atoms with Crippen LogP contribution in [0.25, 0.3) is 28.2 Å². The second kappa shape index (κ2) is 9.01. The van der Waals surface area contributed by atoms with Crippen LogP contribution in [-0.2, 0) is 0 Å². The Labute approximate surface area is 192 Å². The molecule has 4 aromatic rings. The van der Waals surface area contributed by atoms with Gasteiger partial charge in [-0.3, -0.25) is 4.79 Å². The van der Waals surface area contributed by atoms with Crippen molar-refractivity contribution in [2.75, 3.05) is 7.11 Å². The van der Waals surface area contributed by atoms with Gasteiger partial charge in [-0.05, 0) is 43.2 Å². The summed E-state index contributed by atoms with van der Waals surface area (Å²) in [6, 6.07) is 18.7. The summed E-state index contributed by atoms with van der Waals surface area (Å²) in [5.41, 5.74) is 4.01. The molecule has 0 saturated carbocycles. The number of rotatable bonds is 6. The SMILES string of the molecule is COc1ccccc1-c1cc(C(=O)N[C@H](C)C(C)C)n2nc(-c3ccc(Cl)cc3)cc2n1. The van der Waals surface area contributed by atoms with Crippen LogP contribution < -0.4 is 10.1 Å². The van der Waals surface area contributed by atoms with E-state index >= 15 is 0 Å². The number of carbonyl (C=O) groups excluding carboxylic acids is 1. The summed E-state index contributed by atoms with van der Waals surface area (Å²) in [6.45, 7) is 6.13. The lowest BCUT2D eigenvalue weighted by atomic mass is 10.1. The van der Waals surface area contributed by atoms with Crippen molar-refractivity contribution < 1.29 is 9.53 Å². The van der Waals surface area contributed by atoms with Gasteiger partial charge in [-0.15, -0.1) is 0 Å². The Morgan fingerprint density at radius 2 is 1.75 bits per heavy atom. The monoisotopic (exact) mass is 448 g/mol. The maximum Gasteiger partial charge on any atom is 0.270 e. The van der Waals surface area contributed by atoms with Crippen molar-refractivity contribution in [2.24, 2.45) is 5.92 Å². The summed E-state index contributed by atoms with van der Waals surface area (Å²) < 4.78 is 7.11. The van der Waals surface area contributed by atoms with Gasteiger partial charge < -0.3 is 10.1 Å². The Hall–Kier alpha value is -3.38. The first-order valence-corrected chi connectivity index (χ1v) is 10.9. The van der Waals surface area contributed by atoms with Crippen LogP contribution in [0.5, 0.6) is 5.75 Å². The van der Waals surface area contributed by atoms with Gasteiger partial charge in [-0.25, -0.2) is 9.50 Å². The average molecular weight is 449 g/mol. The van der Waals surface area contributed by atoms with Gasteiger partial charge in [0.15, 0.2) is 5.65 Å². The standard InChI is InChI=1S/C25H25ClN4O2/c1-15(2)16(3)27-25(31)22-13-21(19-7-5-6-8-23(19)32-4)28-24-14-20(29-30(22)24)17-9-11-18(26)12-10-17/h5-16H,1-4H3,(H,27,31)/t16-/m1/s1. The lowest BCUT2D eigenvalue weighted by Gasteiger charge is -2.18. The molecule has 0 aliphatic heterocycles. The zero-order valence-corrected chi connectivity index (χ0v) is 19.2. The maximum atomic E-state index is 13.3. The molecule has 0 spiro atoms. The lowest BCUT2D eigenvalue weighted by molar-refractivity contribution is 0.0923. The third-order valence-electron chi connectivity index (χ3n) is 5.54. The van der Waals surface area contributed by atoms with Gasteiger partial charge in [0, 0.05) is 28.3 Å². The van der Waals surface area contributed by atoms with Crippen LogP contribution in [0.4, 0.5) is 0 Å².